The Kier molecular flexibility index (Phi) is 7.22. The fourth-order valence-electron chi connectivity index (χ4n) is 5.09. The minimum absolute atomic E-state index is 0.379. The maximum atomic E-state index is 9.55. The van der Waals surface area contributed by atoms with Crippen molar-refractivity contribution in [3.63, 3.8) is 0 Å². The summed E-state index contributed by atoms with van der Waals surface area (Å²) < 4.78 is 6.07. The van der Waals surface area contributed by atoms with Gasteiger partial charge in [-0.2, -0.15) is 0 Å². The van der Waals surface area contributed by atoms with Gasteiger partial charge in [-0.3, -0.25) is 4.90 Å². The summed E-state index contributed by atoms with van der Waals surface area (Å²) in [6.07, 6.45) is 5.41. The predicted molar refractivity (Wildman–Crippen MR) is 111 cm³/mol. The Morgan fingerprint density at radius 2 is 1.86 bits per heavy atom. The van der Waals surface area contributed by atoms with Gasteiger partial charge in [0.25, 0.3) is 0 Å². The fourth-order valence-corrected chi connectivity index (χ4v) is 5.40. The molecule has 0 aromatic heterocycles. The van der Waals surface area contributed by atoms with E-state index in [1.807, 2.05) is 6.07 Å². The molecule has 1 aromatic carbocycles. The van der Waals surface area contributed by atoms with E-state index in [-0.39, 0.29) is 0 Å². The third-order valence-corrected chi connectivity index (χ3v) is 6.81. The highest BCUT2D eigenvalue weighted by Gasteiger charge is 2.55. The molecule has 4 rings (SSSR count). The van der Waals surface area contributed by atoms with Crippen LogP contribution in [0, 0.1) is 5.92 Å². The second kappa shape index (κ2) is 9.47. The molecule has 2 N–H and O–H groups in total. The average molecular weight is 442 g/mol. The number of benzene rings is 1. The first kappa shape index (κ1) is 22.1. The third kappa shape index (κ3) is 4.94. The summed E-state index contributed by atoms with van der Waals surface area (Å²) in [7, 11) is 0. The van der Waals surface area contributed by atoms with E-state index >= 15 is 0 Å². The number of carboxylic acid groups (broad SMARTS) is 2. The molecule has 0 aliphatic carbocycles. The molecule has 3 fully saturated rings. The van der Waals surface area contributed by atoms with Gasteiger partial charge in [0.2, 0.25) is 0 Å². The van der Waals surface area contributed by atoms with Crippen LogP contribution in [-0.2, 0) is 14.3 Å². The van der Waals surface area contributed by atoms with Gasteiger partial charge < -0.3 is 14.9 Å². The zero-order valence-electron chi connectivity index (χ0n) is 16.1. The Balaban J connectivity index is 0.000000258. The van der Waals surface area contributed by atoms with Gasteiger partial charge in [0, 0.05) is 43.3 Å². The van der Waals surface area contributed by atoms with Crippen LogP contribution in [0.15, 0.2) is 30.4 Å². The summed E-state index contributed by atoms with van der Waals surface area (Å²) in [6, 6.07) is 7.62. The average Bonchev–Trinajstić information content (AvgIpc) is 3.08. The van der Waals surface area contributed by atoms with Crippen LogP contribution in [-0.4, -0.2) is 58.4 Å². The normalized spacial score (nSPS) is 32.1. The molecular formula is C21H25Cl2NO5. The van der Waals surface area contributed by atoms with Crippen LogP contribution in [0.4, 0.5) is 0 Å². The molecule has 4 bridgehead atoms. The number of piperidine rings is 1. The molecule has 158 valence electrons. The Morgan fingerprint density at radius 3 is 2.45 bits per heavy atom. The van der Waals surface area contributed by atoms with Crippen molar-refractivity contribution in [2.24, 2.45) is 5.92 Å². The highest BCUT2D eigenvalue weighted by atomic mass is 35.5. The highest BCUT2D eigenvalue weighted by Crippen LogP contribution is 2.53. The molecule has 3 aliphatic rings. The molecule has 6 nitrogen and oxygen atoms in total. The molecule has 3 heterocycles. The zero-order valence-corrected chi connectivity index (χ0v) is 17.6. The Labute approximate surface area is 180 Å². The van der Waals surface area contributed by atoms with Gasteiger partial charge in [0.15, 0.2) is 0 Å². The van der Waals surface area contributed by atoms with E-state index in [4.69, 9.17) is 38.2 Å². The van der Waals surface area contributed by atoms with Gasteiger partial charge >= 0.3 is 11.9 Å². The number of rotatable bonds is 5. The lowest BCUT2D eigenvalue weighted by molar-refractivity contribution is -0.134. The number of hydrogen-bond acceptors (Lipinski definition) is 4. The van der Waals surface area contributed by atoms with E-state index in [2.05, 4.69) is 24.0 Å². The number of halogens is 2. The largest absolute Gasteiger partial charge is 0.478 e. The van der Waals surface area contributed by atoms with Crippen molar-refractivity contribution in [1.29, 1.82) is 0 Å². The second-order valence-corrected chi connectivity index (χ2v) is 8.41. The first-order valence-corrected chi connectivity index (χ1v) is 10.5. The smallest absolute Gasteiger partial charge is 0.328 e. The number of ether oxygens (including phenoxy) is 1. The first-order chi connectivity index (χ1) is 13.8. The van der Waals surface area contributed by atoms with Crippen molar-refractivity contribution in [2.75, 3.05) is 13.2 Å². The van der Waals surface area contributed by atoms with Crippen molar-refractivity contribution < 1.29 is 24.5 Å². The quantitative estimate of drug-likeness (QED) is 0.669. The standard InChI is InChI=1S/C17H21Cl2NO.C4H4O4/c1-2-21-16-9-20-11-4-6-15(20)17(16)12(8-11)10-3-5-13(18)14(19)7-10;5-3(6)1-2-4(7)8/h3,5,7,11-12,15-17H,2,4,6,8-9H2,1H3;1-2H,(H,5,6)(H,7,8)/b;2-1+/t11-,12+,15+,16?,17-;/m0./s1. The van der Waals surface area contributed by atoms with E-state index in [9.17, 15) is 9.59 Å². The zero-order chi connectivity index (χ0) is 21.1. The Hall–Kier alpha value is -1.60. The van der Waals surface area contributed by atoms with E-state index in [0.29, 0.717) is 46.2 Å². The SMILES string of the molecule is CCOC1CN2[C@H]3CC[C@@H]2[C@@H]1[C@@H](c1ccc(Cl)c(Cl)c1)C3.O=C(O)/C=C/C(=O)O. The molecule has 0 amide bonds. The monoisotopic (exact) mass is 441 g/mol. The molecule has 29 heavy (non-hydrogen) atoms. The molecule has 3 saturated heterocycles. The van der Waals surface area contributed by atoms with Gasteiger partial charge in [-0.1, -0.05) is 29.3 Å². The van der Waals surface area contributed by atoms with Gasteiger partial charge in [-0.25, -0.2) is 9.59 Å². The molecule has 8 heteroatoms. The van der Waals surface area contributed by atoms with Crippen LogP contribution in [0.5, 0.6) is 0 Å². The minimum Gasteiger partial charge on any atom is -0.478 e. The summed E-state index contributed by atoms with van der Waals surface area (Å²) >= 11 is 12.3. The van der Waals surface area contributed by atoms with Gasteiger partial charge in [0.05, 0.1) is 16.1 Å². The van der Waals surface area contributed by atoms with Gasteiger partial charge in [0.1, 0.15) is 0 Å². The summed E-state index contributed by atoms with van der Waals surface area (Å²) in [4.78, 5) is 21.8. The lowest BCUT2D eigenvalue weighted by Gasteiger charge is -2.38. The van der Waals surface area contributed by atoms with E-state index in [1.165, 1.54) is 24.8 Å². The van der Waals surface area contributed by atoms with Gasteiger partial charge in [-0.15, -0.1) is 0 Å². The Bertz CT molecular complexity index is 783. The van der Waals surface area contributed by atoms with Crippen LogP contribution in [0.3, 0.4) is 0 Å². The topological polar surface area (TPSA) is 87.1 Å². The molecular weight excluding hydrogens is 417 g/mol. The maximum Gasteiger partial charge on any atom is 0.328 e. The number of hydrogen-bond donors (Lipinski definition) is 2. The van der Waals surface area contributed by atoms with E-state index < -0.39 is 11.9 Å². The molecule has 3 aliphatic heterocycles. The van der Waals surface area contributed by atoms with Crippen molar-refractivity contribution in [3.8, 4) is 0 Å². The van der Waals surface area contributed by atoms with E-state index in [1.54, 1.807) is 0 Å². The number of aliphatic carboxylic acids is 2. The molecule has 6 atom stereocenters. The molecule has 2 unspecified atom stereocenters. The van der Waals surface area contributed by atoms with Crippen molar-refractivity contribution in [2.45, 2.75) is 50.3 Å². The summed E-state index contributed by atoms with van der Waals surface area (Å²) in [5.74, 6) is -1.34. The predicted octanol–water partition coefficient (Wildman–Crippen LogP) is 4.06. The van der Waals surface area contributed by atoms with Crippen LogP contribution in [0.2, 0.25) is 10.0 Å². The van der Waals surface area contributed by atoms with Crippen LogP contribution in [0.1, 0.15) is 37.7 Å². The lowest BCUT2D eigenvalue weighted by Crippen LogP contribution is -2.41. The highest BCUT2D eigenvalue weighted by molar-refractivity contribution is 6.42. The molecule has 0 spiro atoms. The van der Waals surface area contributed by atoms with Gasteiger partial charge in [-0.05, 0) is 49.8 Å². The minimum atomic E-state index is -1.26. The Morgan fingerprint density at radius 1 is 1.17 bits per heavy atom. The summed E-state index contributed by atoms with van der Waals surface area (Å²) in [5.41, 5.74) is 1.34. The third-order valence-electron chi connectivity index (χ3n) is 6.07. The number of carbonyl (C=O) groups is 2. The van der Waals surface area contributed by atoms with Crippen molar-refractivity contribution >= 4 is 35.1 Å². The summed E-state index contributed by atoms with van der Waals surface area (Å²) in [6.45, 7) is 4.02. The first-order valence-electron chi connectivity index (χ1n) is 9.78. The molecule has 1 aromatic rings. The van der Waals surface area contributed by atoms with Crippen LogP contribution in [0.25, 0.3) is 0 Å². The number of nitrogens with zero attached hydrogens (tertiary/aromatic N) is 1. The van der Waals surface area contributed by atoms with E-state index in [0.717, 1.165) is 19.2 Å². The van der Waals surface area contributed by atoms with Crippen LogP contribution >= 0.6 is 23.2 Å². The fraction of sp³-hybridized carbons (Fsp3) is 0.524. The maximum absolute atomic E-state index is 9.55. The van der Waals surface area contributed by atoms with Crippen LogP contribution < -0.4 is 0 Å². The van der Waals surface area contributed by atoms with Crippen molar-refractivity contribution in [3.05, 3.63) is 46.0 Å². The van der Waals surface area contributed by atoms with Crippen molar-refractivity contribution in [1.82, 2.24) is 4.90 Å². The molecule has 0 saturated carbocycles. The summed E-state index contributed by atoms with van der Waals surface area (Å²) in [5, 5.41) is 16.9. The second-order valence-electron chi connectivity index (χ2n) is 7.59. The lowest BCUT2D eigenvalue weighted by atomic mass is 9.76. The molecule has 0 radical (unpaired) electrons. The number of carboxylic acids is 2.